The van der Waals surface area contributed by atoms with Crippen molar-refractivity contribution in [2.75, 3.05) is 23.4 Å². The molecule has 2 aromatic rings. The van der Waals surface area contributed by atoms with Crippen LogP contribution in [0.2, 0.25) is 0 Å². The molecule has 1 fully saturated rings. The molecule has 3 aliphatic rings. The third-order valence-corrected chi connectivity index (χ3v) is 6.61. The molecule has 156 valence electrons. The Morgan fingerprint density at radius 3 is 2.70 bits per heavy atom. The van der Waals surface area contributed by atoms with Gasteiger partial charge in [0.05, 0.1) is 19.3 Å². The molecule has 5 rings (SSSR count). The van der Waals surface area contributed by atoms with Gasteiger partial charge in [0, 0.05) is 37.0 Å². The highest BCUT2D eigenvalue weighted by Gasteiger charge is 2.47. The maximum Gasteiger partial charge on any atom is 0.224 e. The monoisotopic (exact) mass is 404 g/mol. The lowest BCUT2D eigenvalue weighted by molar-refractivity contribution is -0.117. The fraction of sp³-hybridized carbons (Fsp3) is 0.458. The van der Waals surface area contributed by atoms with Crippen molar-refractivity contribution in [2.45, 2.75) is 45.2 Å². The number of hydrogen-bond acceptors (Lipinski definition) is 5. The van der Waals surface area contributed by atoms with Gasteiger partial charge in [0.2, 0.25) is 11.9 Å². The standard InChI is InChI=1S/C24H28N4O2/c1-15-22(27-24-25-10-3-11-26-24)20-14-19(17-8-12-30-13-9-17)6-7-21(20)28(16(2)29)23(15)18-4-5-18/h3,6-8,10-11,14-15,18,22-23H,4-5,9,12-13H2,1-2H3,(H,25,26,27)/t15-,22?,23-/m1/s1. The van der Waals surface area contributed by atoms with Gasteiger partial charge in [-0.15, -0.1) is 0 Å². The lowest BCUT2D eigenvalue weighted by Gasteiger charge is -2.46. The second-order valence-corrected chi connectivity index (χ2v) is 8.60. The Kier molecular flexibility index (Phi) is 5.03. The van der Waals surface area contributed by atoms with Gasteiger partial charge in [-0.1, -0.05) is 19.1 Å². The summed E-state index contributed by atoms with van der Waals surface area (Å²) < 4.78 is 5.49. The van der Waals surface area contributed by atoms with Crippen molar-refractivity contribution in [3.8, 4) is 0 Å². The van der Waals surface area contributed by atoms with E-state index in [2.05, 4.69) is 46.5 Å². The molecule has 1 unspecified atom stereocenters. The number of nitrogens with zero attached hydrogens (tertiary/aromatic N) is 3. The fourth-order valence-electron chi connectivity index (χ4n) is 5.07. The summed E-state index contributed by atoms with van der Waals surface area (Å²) in [4.78, 5) is 23.6. The van der Waals surface area contributed by atoms with Crippen molar-refractivity contribution in [1.82, 2.24) is 9.97 Å². The number of aromatic nitrogens is 2. The zero-order valence-corrected chi connectivity index (χ0v) is 17.5. The normalized spacial score (nSPS) is 26.0. The molecule has 0 saturated heterocycles. The minimum Gasteiger partial charge on any atom is -0.377 e. The van der Waals surface area contributed by atoms with Gasteiger partial charge in [-0.25, -0.2) is 9.97 Å². The molecule has 6 heteroatoms. The number of amides is 1. The van der Waals surface area contributed by atoms with E-state index < -0.39 is 0 Å². The van der Waals surface area contributed by atoms with Crippen molar-refractivity contribution in [1.29, 1.82) is 0 Å². The molecule has 2 aliphatic heterocycles. The van der Waals surface area contributed by atoms with Crippen molar-refractivity contribution < 1.29 is 9.53 Å². The van der Waals surface area contributed by atoms with E-state index in [1.165, 1.54) is 24.0 Å². The molecule has 3 heterocycles. The first kappa shape index (κ1) is 19.2. The maximum atomic E-state index is 12.8. The van der Waals surface area contributed by atoms with Gasteiger partial charge in [0.15, 0.2) is 0 Å². The topological polar surface area (TPSA) is 67.3 Å². The number of nitrogens with one attached hydrogen (secondary N) is 1. The van der Waals surface area contributed by atoms with Crippen LogP contribution in [0.3, 0.4) is 0 Å². The quantitative estimate of drug-likeness (QED) is 0.827. The number of carbonyl (C=O) groups is 1. The van der Waals surface area contributed by atoms with E-state index in [0.29, 0.717) is 18.5 Å². The molecule has 0 radical (unpaired) electrons. The summed E-state index contributed by atoms with van der Waals surface area (Å²) in [7, 11) is 0. The lowest BCUT2D eigenvalue weighted by atomic mass is 9.79. The van der Waals surface area contributed by atoms with Crippen molar-refractivity contribution in [3.63, 3.8) is 0 Å². The van der Waals surface area contributed by atoms with Gasteiger partial charge in [-0.3, -0.25) is 4.79 Å². The van der Waals surface area contributed by atoms with Crippen LogP contribution in [0, 0.1) is 11.8 Å². The summed E-state index contributed by atoms with van der Waals surface area (Å²) in [6, 6.07) is 8.60. The van der Waals surface area contributed by atoms with Crippen LogP contribution in [0.15, 0.2) is 42.7 Å². The lowest BCUT2D eigenvalue weighted by Crippen LogP contribution is -2.51. The maximum absolute atomic E-state index is 12.8. The van der Waals surface area contributed by atoms with Crippen molar-refractivity contribution in [2.24, 2.45) is 11.8 Å². The second-order valence-electron chi connectivity index (χ2n) is 8.60. The molecule has 6 nitrogen and oxygen atoms in total. The molecule has 3 atom stereocenters. The molecular weight excluding hydrogens is 376 g/mol. The largest absolute Gasteiger partial charge is 0.377 e. The predicted molar refractivity (Wildman–Crippen MR) is 117 cm³/mol. The number of rotatable bonds is 4. The van der Waals surface area contributed by atoms with Gasteiger partial charge in [0.1, 0.15) is 0 Å². The SMILES string of the molecule is CC(=O)N1c2ccc(C3=CCOCC3)cc2C(Nc2ncccn2)[C@@H](C)[C@@H]1C1CC1. The molecular formula is C24H28N4O2. The highest BCUT2D eigenvalue weighted by molar-refractivity contribution is 5.94. The zero-order chi connectivity index (χ0) is 20.7. The van der Waals surface area contributed by atoms with Crippen LogP contribution in [0.5, 0.6) is 0 Å². The minimum atomic E-state index is 0.0454. The van der Waals surface area contributed by atoms with Crippen molar-refractivity contribution in [3.05, 3.63) is 53.9 Å². The Morgan fingerprint density at radius 1 is 1.23 bits per heavy atom. The number of benzene rings is 1. The third kappa shape index (κ3) is 3.49. The number of anilines is 2. The van der Waals surface area contributed by atoms with Crippen LogP contribution in [0.1, 0.15) is 50.3 Å². The highest BCUT2D eigenvalue weighted by Crippen LogP contribution is 2.50. The van der Waals surface area contributed by atoms with E-state index >= 15 is 0 Å². The third-order valence-electron chi connectivity index (χ3n) is 6.61. The van der Waals surface area contributed by atoms with Crippen LogP contribution in [-0.4, -0.2) is 35.1 Å². The summed E-state index contributed by atoms with van der Waals surface area (Å²) in [5.41, 5.74) is 4.68. The molecule has 0 bridgehead atoms. The Bertz CT molecular complexity index is 970. The summed E-state index contributed by atoms with van der Waals surface area (Å²) in [6.45, 7) is 5.35. The van der Waals surface area contributed by atoms with Crippen LogP contribution in [0.4, 0.5) is 11.6 Å². The Morgan fingerprint density at radius 2 is 2.03 bits per heavy atom. The number of hydrogen-bond donors (Lipinski definition) is 1. The van der Waals surface area contributed by atoms with Crippen LogP contribution in [-0.2, 0) is 9.53 Å². The van der Waals surface area contributed by atoms with E-state index in [1.54, 1.807) is 19.3 Å². The molecule has 1 aliphatic carbocycles. The Hall–Kier alpha value is -2.73. The fourth-order valence-corrected chi connectivity index (χ4v) is 5.07. The second kappa shape index (κ2) is 7.84. The molecule has 1 saturated carbocycles. The molecule has 30 heavy (non-hydrogen) atoms. The van der Waals surface area contributed by atoms with Gasteiger partial charge >= 0.3 is 0 Å². The van der Waals surface area contributed by atoms with Crippen LogP contribution < -0.4 is 10.2 Å². The van der Waals surface area contributed by atoms with E-state index in [4.69, 9.17) is 4.74 Å². The number of fused-ring (bicyclic) bond motifs is 1. The summed E-state index contributed by atoms with van der Waals surface area (Å²) >= 11 is 0. The average Bonchev–Trinajstić information content (AvgIpc) is 3.61. The molecule has 1 N–H and O–H groups in total. The smallest absolute Gasteiger partial charge is 0.224 e. The average molecular weight is 405 g/mol. The van der Waals surface area contributed by atoms with Crippen molar-refractivity contribution >= 4 is 23.1 Å². The Balaban J connectivity index is 1.61. The summed E-state index contributed by atoms with van der Waals surface area (Å²) in [6.07, 6.45) is 8.97. The van der Waals surface area contributed by atoms with Gasteiger partial charge in [-0.2, -0.15) is 0 Å². The Labute approximate surface area is 177 Å². The minimum absolute atomic E-state index is 0.0454. The van der Waals surface area contributed by atoms with Crippen LogP contribution >= 0.6 is 0 Å². The first-order valence-corrected chi connectivity index (χ1v) is 10.9. The zero-order valence-electron chi connectivity index (χ0n) is 17.5. The first-order chi connectivity index (χ1) is 14.6. The highest BCUT2D eigenvalue weighted by atomic mass is 16.5. The van der Waals surface area contributed by atoms with Gasteiger partial charge < -0.3 is 15.0 Å². The van der Waals surface area contributed by atoms with E-state index in [9.17, 15) is 4.79 Å². The first-order valence-electron chi connectivity index (χ1n) is 10.9. The van der Waals surface area contributed by atoms with E-state index in [1.807, 2.05) is 11.0 Å². The number of carbonyl (C=O) groups excluding carboxylic acids is 1. The van der Waals surface area contributed by atoms with E-state index in [0.717, 1.165) is 24.3 Å². The van der Waals surface area contributed by atoms with Crippen LogP contribution in [0.25, 0.3) is 5.57 Å². The predicted octanol–water partition coefficient (Wildman–Crippen LogP) is 4.21. The molecule has 1 aromatic heterocycles. The van der Waals surface area contributed by atoms with Gasteiger partial charge in [0.25, 0.3) is 0 Å². The molecule has 1 amide bonds. The summed E-state index contributed by atoms with van der Waals surface area (Å²) in [5.74, 6) is 1.56. The molecule has 1 aromatic carbocycles. The summed E-state index contributed by atoms with van der Waals surface area (Å²) in [5, 5.41) is 3.58. The number of ether oxygens (including phenoxy) is 1. The van der Waals surface area contributed by atoms with Gasteiger partial charge in [-0.05, 0) is 60.1 Å². The molecule has 0 spiro atoms. The van der Waals surface area contributed by atoms with E-state index in [-0.39, 0.29) is 23.9 Å².